The highest BCUT2D eigenvalue weighted by atomic mass is 35.5. The summed E-state index contributed by atoms with van der Waals surface area (Å²) >= 11 is 6.18. The van der Waals surface area contributed by atoms with Gasteiger partial charge in [0.25, 0.3) is 0 Å². The minimum Gasteiger partial charge on any atom is -0.489 e. The molecular weight excluding hydrogens is 320 g/mol. The fourth-order valence-corrected chi connectivity index (χ4v) is 3.27. The molecule has 1 aromatic heterocycles. The van der Waals surface area contributed by atoms with Crippen LogP contribution in [-0.2, 0) is 0 Å². The highest BCUT2D eigenvalue weighted by Gasteiger charge is 2.22. The van der Waals surface area contributed by atoms with E-state index in [9.17, 15) is 0 Å². The lowest BCUT2D eigenvalue weighted by atomic mass is 10.1. The summed E-state index contributed by atoms with van der Waals surface area (Å²) in [7, 11) is 0. The molecule has 3 nitrogen and oxygen atoms in total. The van der Waals surface area contributed by atoms with Crippen molar-refractivity contribution in [1.82, 2.24) is 4.98 Å². The van der Waals surface area contributed by atoms with E-state index >= 15 is 0 Å². The molecule has 2 aromatic carbocycles. The Labute approximate surface area is 146 Å². The second-order valence-corrected chi connectivity index (χ2v) is 6.43. The van der Waals surface area contributed by atoms with Crippen LogP contribution < -0.4 is 9.64 Å². The van der Waals surface area contributed by atoms with Crippen LogP contribution in [0.3, 0.4) is 0 Å². The summed E-state index contributed by atoms with van der Waals surface area (Å²) in [4.78, 5) is 7.09. The van der Waals surface area contributed by atoms with Gasteiger partial charge in [-0.1, -0.05) is 29.8 Å². The van der Waals surface area contributed by atoms with Gasteiger partial charge in [0.05, 0.1) is 10.5 Å². The number of aromatic nitrogens is 1. The van der Waals surface area contributed by atoms with E-state index in [-0.39, 0.29) is 6.10 Å². The average Bonchev–Trinajstić information content (AvgIpc) is 2.64. The molecule has 0 saturated carbocycles. The summed E-state index contributed by atoms with van der Waals surface area (Å²) in [6, 6.07) is 20.8. The monoisotopic (exact) mass is 337 g/mol. The van der Waals surface area contributed by atoms with Crippen LogP contribution in [0.15, 0.2) is 54.6 Å². The molecule has 1 aliphatic heterocycles. The molecule has 1 radical (unpaired) electrons. The van der Waals surface area contributed by atoms with E-state index in [1.165, 1.54) is 0 Å². The van der Waals surface area contributed by atoms with Gasteiger partial charge in [0.15, 0.2) is 0 Å². The summed E-state index contributed by atoms with van der Waals surface area (Å²) in [6.07, 6.45) is 2.14. The van der Waals surface area contributed by atoms with Crippen molar-refractivity contribution in [3.05, 3.63) is 65.7 Å². The highest BCUT2D eigenvalue weighted by molar-refractivity contribution is 6.32. The van der Waals surface area contributed by atoms with Crippen LogP contribution in [0.1, 0.15) is 12.8 Å². The van der Waals surface area contributed by atoms with Gasteiger partial charge in [-0.3, -0.25) is 0 Å². The zero-order valence-electron chi connectivity index (χ0n) is 13.3. The largest absolute Gasteiger partial charge is 0.489 e. The van der Waals surface area contributed by atoms with Gasteiger partial charge in [0.2, 0.25) is 0 Å². The summed E-state index contributed by atoms with van der Waals surface area (Å²) in [5.41, 5.74) is 1.01. The number of benzene rings is 2. The van der Waals surface area contributed by atoms with Crippen molar-refractivity contribution in [2.24, 2.45) is 0 Å². The lowest BCUT2D eigenvalue weighted by molar-refractivity contribution is 0.171. The minimum absolute atomic E-state index is 0.205. The average molecular weight is 338 g/mol. The van der Waals surface area contributed by atoms with Crippen LogP contribution >= 0.6 is 11.6 Å². The first-order valence-electron chi connectivity index (χ1n) is 8.22. The third kappa shape index (κ3) is 3.17. The Morgan fingerprint density at radius 2 is 1.92 bits per heavy atom. The maximum atomic E-state index is 6.18. The second kappa shape index (κ2) is 6.70. The second-order valence-electron chi connectivity index (χ2n) is 6.02. The lowest BCUT2D eigenvalue weighted by Crippen LogP contribution is -2.38. The molecule has 1 aliphatic rings. The fraction of sp³-hybridized carbons (Fsp3) is 0.250. The number of para-hydroxylation sites is 1. The topological polar surface area (TPSA) is 25.4 Å². The molecule has 0 aliphatic carbocycles. The molecule has 4 rings (SSSR count). The lowest BCUT2D eigenvalue weighted by Gasteiger charge is -2.33. The molecule has 0 bridgehead atoms. The van der Waals surface area contributed by atoms with Crippen LogP contribution in [0.4, 0.5) is 5.82 Å². The number of pyridine rings is 1. The molecule has 0 spiro atoms. The van der Waals surface area contributed by atoms with Gasteiger partial charge in [-0.25, -0.2) is 4.98 Å². The van der Waals surface area contributed by atoms with E-state index in [4.69, 9.17) is 21.3 Å². The first-order chi connectivity index (χ1) is 11.8. The van der Waals surface area contributed by atoms with Crippen LogP contribution in [-0.4, -0.2) is 24.2 Å². The van der Waals surface area contributed by atoms with Crippen molar-refractivity contribution in [1.29, 1.82) is 0 Å². The number of halogens is 1. The summed E-state index contributed by atoms with van der Waals surface area (Å²) in [5.74, 6) is 1.81. The van der Waals surface area contributed by atoms with E-state index < -0.39 is 0 Å². The summed E-state index contributed by atoms with van der Waals surface area (Å²) in [5, 5.41) is 1.80. The summed E-state index contributed by atoms with van der Waals surface area (Å²) in [6.45, 7) is 1.87. The smallest absolute Gasteiger partial charge is 0.138 e. The van der Waals surface area contributed by atoms with Crippen molar-refractivity contribution in [2.75, 3.05) is 18.0 Å². The Morgan fingerprint density at radius 1 is 1.08 bits per heavy atom. The molecule has 2 heterocycles. The zero-order chi connectivity index (χ0) is 16.4. The molecule has 0 atom stereocenters. The van der Waals surface area contributed by atoms with Crippen LogP contribution in [0, 0.1) is 6.07 Å². The number of anilines is 1. The number of ether oxygens (including phenoxy) is 1. The van der Waals surface area contributed by atoms with Gasteiger partial charge in [0, 0.05) is 31.3 Å². The van der Waals surface area contributed by atoms with Crippen LogP contribution in [0.2, 0.25) is 5.02 Å². The van der Waals surface area contributed by atoms with Crippen molar-refractivity contribution in [2.45, 2.75) is 18.9 Å². The first kappa shape index (κ1) is 15.3. The number of fused-ring (bicyclic) bond motifs is 1. The molecule has 1 fully saturated rings. The molecule has 4 heteroatoms. The van der Waals surface area contributed by atoms with Crippen molar-refractivity contribution in [3.63, 3.8) is 0 Å². The highest BCUT2D eigenvalue weighted by Crippen LogP contribution is 2.28. The predicted octanol–water partition coefficient (Wildman–Crippen LogP) is 4.74. The third-order valence-corrected chi connectivity index (χ3v) is 4.73. The fourth-order valence-electron chi connectivity index (χ4n) is 3.09. The van der Waals surface area contributed by atoms with Gasteiger partial charge < -0.3 is 9.64 Å². The Balaban J connectivity index is 1.42. The van der Waals surface area contributed by atoms with Gasteiger partial charge in [-0.15, -0.1) is 0 Å². The maximum Gasteiger partial charge on any atom is 0.138 e. The van der Waals surface area contributed by atoms with E-state index in [0.717, 1.165) is 48.4 Å². The molecule has 0 N–H and O–H groups in total. The number of hydrogen-bond donors (Lipinski definition) is 0. The number of hydrogen-bond acceptors (Lipinski definition) is 3. The molecule has 0 amide bonds. The molecule has 24 heavy (non-hydrogen) atoms. The maximum absolute atomic E-state index is 6.18. The molecule has 1 saturated heterocycles. The quantitative estimate of drug-likeness (QED) is 0.690. The summed E-state index contributed by atoms with van der Waals surface area (Å²) < 4.78 is 6.06. The third-order valence-electron chi connectivity index (χ3n) is 4.42. The van der Waals surface area contributed by atoms with Crippen LogP contribution in [0.25, 0.3) is 10.9 Å². The Bertz CT molecular complexity index is 844. The Morgan fingerprint density at radius 3 is 2.75 bits per heavy atom. The standard InChI is InChI=1S/C20H18ClN2O/c21-17-6-2-4-8-19(17)24-16-11-13-23(14-12-16)20-10-9-15-5-1-3-7-18(15)22-20/h2-10,16H,11-14H2. The van der Waals surface area contributed by atoms with E-state index in [2.05, 4.69) is 23.1 Å². The van der Waals surface area contributed by atoms with E-state index in [1.807, 2.05) is 42.5 Å². The molecule has 121 valence electrons. The number of piperidine rings is 1. The van der Waals surface area contributed by atoms with Crippen molar-refractivity contribution in [3.8, 4) is 5.75 Å². The zero-order valence-corrected chi connectivity index (χ0v) is 14.0. The van der Waals surface area contributed by atoms with Gasteiger partial charge in [-0.2, -0.15) is 0 Å². The van der Waals surface area contributed by atoms with Gasteiger partial charge in [-0.05, 0) is 42.5 Å². The van der Waals surface area contributed by atoms with Crippen molar-refractivity contribution >= 4 is 28.3 Å². The van der Waals surface area contributed by atoms with Gasteiger partial charge >= 0.3 is 0 Å². The van der Waals surface area contributed by atoms with Gasteiger partial charge in [0.1, 0.15) is 17.7 Å². The van der Waals surface area contributed by atoms with Crippen LogP contribution in [0.5, 0.6) is 5.75 Å². The predicted molar refractivity (Wildman–Crippen MR) is 97.9 cm³/mol. The SMILES string of the molecule is Clc1ccccc1OC1CCN(c2ccc3c[c]ccc3n2)CC1. The number of rotatable bonds is 3. The minimum atomic E-state index is 0.205. The Hall–Kier alpha value is -2.26. The van der Waals surface area contributed by atoms with E-state index in [1.54, 1.807) is 0 Å². The van der Waals surface area contributed by atoms with Crippen molar-refractivity contribution < 1.29 is 4.74 Å². The first-order valence-corrected chi connectivity index (χ1v) is 8.60. The molecule has 0 unspecified atom stereocenters. The molecule has 3 aromatic rings. The van der Waals surface area contributed by atoms with E-state index in [0.29, 0.717) is 5.02 Å². The Kier molecular flexibility index (Phi) is 4.26. The number of nitrogens with zero attached hydrogens (tertiary/aromatic N) is 2. The normalized spacial score (nSPS) is 15.6. The molecular formula is C20H18ClN2O.